The number of anilines is 2. The Bertz CT molecular complexity index is 1060. The lowest BCUT2D eigenvalue weighted by atomic mass is 10.0. The number of benzene rings is 1. The number of cyclic esters (lactones) is 1. The Kier molecular flexibility index (Phi) is 5.43. The largest absolute Gasteiger partial charge is 0.442 e. The van der Waals surface area contributed by atoms with Crippen molar-refractivity contribution in [2.24, 2.45) is 0 Å². The number of hydrogen-bond donors (Lipinski definition) is 1. The maximum absolute atomic E-state index is 15.0. The first-order chi connectivity index (χ1) is 15.8. The van der Waals surface area contributed by atoms with Gasteiger partial charge in [0, 0.05) is 20.0 Å². The molecule has 4 heterocycles. The quantitative estimate of drug-likeness (QED) is 0.660. The van der Waals surface area contributed by atoms with Gasteiger partial charge in [-0.15, -0.1) is 5.10 Å². The van der Waals surface area contributed by atoms with Crippen LogP contribution in [0.2, 0.25) is 0 Å². The highest BCUT2D eigenvalue weighted by molar-refractivity contribution is 5.90. The smallest absolute Gasteiger partial charge is 0.414 e. The first-order valence-corrected chi connectivity index (χ1v) is 11.2. The number of piperidine rings is 1. The highest BCUT2D eigenvalue weighted by atomic mass is 19.1. The number of ether oxygens (including phenoxy) is 2. The molecule has 11 heteroatoms. The first-order valence-electron chi connectivity index (χ1n) is 11.2. The van der Waals surface area contributed by atoms with Crippen LogP contribution in [0, 0.1) is 5.82 Å². The minimum atomic E-state index is -0.545. The van der Waals surface area contributed by atoms with Crippen molar-refractivity contribution in [3.63, 3.8) is 0 Å². The fraction of sp³-hybridized carbons (Fsp3) is 0.545. The summed E-state index contributed by atoms with van der Waals surface area (Å²) in [6.45, 7) is 5.94. The van der Waals surface area contributed by atoms with E-state index in [9.17, 15) is 9.59 Å². The number of hydrogen-bond acceptors (Lipinski definition) is 7. The number of halogens is 1. The Morgan fingerprint density at radius 2 is 2.09 bits per heavy atom. The molecule has 1 aromatic heterocycles. The molecule has 3 fully saturated rings. The number of carbonyl (C=O) groups excluding carboxylic acids is 2. The zero-order valence-corrected chi connectivity index (χ0v) is 18.7. The molecule has 1 unspecified atom stereocenters. The molecule has 0 saturated carbocycles. The maximum Gasteiger partial charge on any atom is 0.414 e. The zero-order chi connectivity index (χ0) is 23.2. The standard InChI is InChI=1S/C22H27FN6O4/c1-14(30)24-10-17-11-28(21(31)33-17)16-3-4-19(18(23)9-16)27-7-5-15(6-8-27)29-12-20(25-26-29)22(2)13-32-22/h3-4,9,12,15,17H,5-8,10-11,13H2,1-2H3,(H,24,30)/t17?,22-/m1/s1. The fourth-order valence-electron chi connectivity index (χ4n) is 4.34. The lowest BCUT2D eigenvalue weighted by Crippen LogP contribution is -2.35. The number of nitrogens with zero attached hydrogens (tertiary/aromatic N) is 5. The van der Waals surface area contributed by atoms with Gasteiger partial charge in [-0.1, -0.05) is 5.21 Å². The number of nitrogens with one attached hydrogen (secondary N) is 1. The molecule has 33 heavy (non-hydrogen) atoms. The molecule has 1 N–H and O–H groups in total. The normalized spacial score (nSPS) is 25.3. The van der Waals surface area contributed by atoms with Crippen molar-refractivity contribution < 1.29 is 23.5 Å². The van der Waals surface area contributed by atoms with Crippen LogP contribution in [-0.4, -0.2) is 65.9 Å². The summed E-state index contributed by atoms with van der Waals surface area (Å²) in [6, 6.07) is 5.01. The van der Waals surface area contributed by atoms with E-state index in [0.29, 0.717) is 31.1 Å². The van der Waals surface area contributed by atoms with Gasteiger partial charge in [0.1, 0.15) is 23.2 Å². The van der Waals surface area contributed by atoms with Gasteiger partial charge in [-0.2, -0.15) is 0 Å². The van der Waals surface area contributed by atoms with Gasteiger partial charge in [0.2, 0.25) is 5.91 Å². The molecule has 0 spiro atoms. The molecule has 0 aliphatic carbocycles. The molecule has 5 rings (SSSR count). The SMILES string of the molecule is CC(=O)NCC1CN(c2ccc(N3CCC(n4cc([C@@]5(C)CO5)nn4)CC3)c(F)c2)C(=O)O1. The van der Waals surface area contributed by atoms with Crippen LogP contribution in [0.4, 0.5) is 20.6 Å². The van der Waals surface area contributed by atoms with Gasteiger partial charge in [-0.3, -0.25) is 9.69 Å². The van der Waals surface area contributed by atoms with Crippen LogP contribution in [-0.2, 0) is 19.9 Å². The second kappa shape index (κ2) is 8.29. The van der Waals surface area contributed by atoms with E-state index in [-0.39, 0.29) is 36.5 Å². The van der Waals surface area contributed by atoms with Crippen LogP contribution >= 0.6 is 0 Å². The van der Waals surface area contributed by atoms with Crippen molar-refractivity contribution in [2.45, 2.75) is 44.4 Å². The highest BCUT2D eigenvalue weighted by Crippen LogP contribution is 2.37. The van der Waals surface area contributed by atoms with E-state index in [1.54, 1.807) is 12.1 Å². The maximum atomic E-state index is 15.0. The molecule has 3 aliphatic heterocycles. The van der Waals surface area contributed by atoms with Crippen LogP contribution in [0.1, 0.15) is 38.4 Å². The second-order valence-electron chi connectivity index (χ2n) is 9.01. The molecule has 176 valence electrons. The van der Waals surface area contributed by atoms with Gasteiger partial charge in [0.15, 0.2) is 0 Å². The lowest BCUT2D eigenvalue weighted by molar-refractivity contribution is -0.119. The Morgan fingerprint density at radius 1 is 1.33 bits per heavy atom. The monoisotopic (exact) mass is 458 g/mol. The molecule has 2 amide bonds. The average Bonchev–Trinajstić information content (AvgIpc) is 3.20. The summed E-state index contributed by atoms with van der Waals surface area (Å²) < 4.78 is 27.6. The first kappa shape index (κ1) is 21.6. The van der Waals surface area contributed by atoms with Crippen LogP contribution < -0.4 is 15.1 Å². The van der Waals surface area contributed by atoms with E-state index in [1.165, 1.54) is 17.9 Å². The van der Waals surface area contributed by atoms with E-state index in [0.717, 1.165) is 18.5 Å². The average molecular weight is 458 g/mol. The van der Waals surface area contributed by atoms with Crippen LogP contribution in [0.15, 0.2) is 24.4 Å². The van der Waals surface area contributed by atoms with E-state index < -0.39 is 12.2 Å². The Morgan fingerprint density at radius 3 is 2.76 bits per heavy atom. The molecular formula is C22H27FN6O4. The predicted molar refractivity (Wildman–Crippen MR) is 117 cm³/mol. The Balaban J connectivity index is 1.20. The summed E-state index contributed by atoms with van der Waals surface area (Å²) in [5.41, 5.74) is 1.51. The number of carbonyl (C=O) groups is 2. The van der Waals surface area contributed by atoms with Crippen molar-refractivity contribution >= 4 is 23.4 Å². The third-order valence-corrected chi connectivity index (χ3v) is 6.50. The number of aromatic nitrogens is 3. The van der Waals surface area contributed by atoms with Crippen molar-refractivity contribution in [1.82, 2.24) is 20.3 Å². The van der Waals surface area contributed by atoms with Gasteiger partial charge in [0.25, 0.3) is 0 Å². The number of epoxide rings is 1. The van der Waals surface area contributed by atoms with Crippen molar-refractivity contribution in [2.75, 3.05) is 42.6 Å². The summed E-state index contributed by atoms with van der Waals surface area (Å²) in [6.07, 6.45) is 2.60. The Hall–Kier alpha value is -3.21. The van der Waals surface area contributed by atoms with Gasteiger partial charge in [-0.25, -0.2) is 13.9 Å². The minimum absolute atomic E-state index is 0.195. The molecule has 0 radical (unpaired) electrons. The molecule has 2 aromatic rings. The van der Waals surface area contributed by atoms with Gasteiger partial charge >= 0.3 is 6.09 Å². The lowest BCUT2D eigenvalue weighted by Gasteiger charge is -2.33. The third-order valence-electron chi connectivity index (χ3n) is 6.50. The summed E-state index contributed by atoms with van der Waals surface area (Å²) in [5, 5.41) is 11.2. The van der Waals surface area contributed by atoms with Crippen LogP contribution in [0.3, 0.4) is 0 Å². The molecule has 1 aromatic carbocycles. The van der Waals surface area contributed by atoms with Crippen molar-refractivity contribution in [3.8, 4) is 0 Å². The molecule has 2 atom stereocenters. The molecule has 3 aliphatic rings. The van der Waals surface area contributed by atoms with Crippen LogP contribution in [0.25, 0.3) is 0 Å². The summed E-state index contributed by atoms with van der Waals surface area (Å²) in [5.74, 6) is -0.579. The molecule has 3 saturated heterocycles. The zero-order valence-electron chi connectivity index (χ0n) is 18.7. The highest BCUT2D eigenvalue weighted by Gasteiger charge is 2.44. The third kappa shape index (κ3) is 4.37. The predicted octanol–water partition coefficient (Wildman–Crippen LogP) is 1.97. The summed E-state index contributed by atoms with van der Waals surface area (Å²) in [7, 11) is 0. The van der Waals surface area contributed by atoms with Gasteiger partial charge in [0.05, 0.1) is 43.3 Å². The minimum Gasteiger partial charge on any atom is -0.442 e. The topological polar surface area (TPSA) is 105 Å². The van der Waals surface area contributed by atoms with E-state index >= 15 is 4.39 Å². The molecule has 10 nitrogen and oxygen atoms in total. The van der Waals surface area contributed by atoms with Crippen molar-refractivity contribution in [1.29, 1.82) is 0 Å². The van der Waals surface area contributed by atoms with Gasteiger partial charge < -0.3 is 19.7 Å². The van der Waals surface area contributed by atoms with Crippen LogP contribution in [0.5, 0.6) is 0 Å². The number of amides is 2. The van der Waals surface area contributed by atoms with E-state index in [4.69, 9.17) is 9.47 Å². The fourth-order valence-corrected chi connectivity index (χ4v) is 4.34. The van der Waals surface area contributed by atoms with Crippen molar-refractivity contribution in [3.05, 3.63) is 35.9 Å². The summed E-state index contributed by atoms with van der Waals surface area (Å²) >= 11 is 0. The Labute approximate surface area is 190 Å². The summed E-state index contributed by atoms with van der Waals surface area (Å²) in [4.78, 5) is 26.7. The van der Waals surface area contributed by atoms with Gasteiger partial charge in [-0.05, 0) is 38.0 Å². The molecule has 0 bridgehead atoms. The van der Waals surface area contributed by atoms with E-state index in [1.807, 2.05) is 22.7 Å². The second-order valence-corrected chi connectivity index (χ2v) is 9.01. The number of rotatable bonds is 6. The van der Waals surface area contributed by atoms with E-state index in [2.05, 4.69) is 15.6 Å². The molecular weight excluding hydrogens is 431 g/mol.